The first-order valence-corrected chi connectivity index (χ1v) is 9.26. The normalized spacial score (nSPS) is 10.5. The molecular weight excluding hydrogens is 354 g/mol. The van der Waals surface area contributed by atoms with Gasteiger partial charge in [0.15, 0.2) is 6.61 Å². The number of aromatic nitrogens is 2. The summed E-state index contributed by atoms with van der Waals surface area (Å²) in [5, 5.41) is 2.74. The molecule has 0 unspecified atom stereocenters. The maximum atomic E-state index is 11.9. The van der Waals surface area contributed by atoms with Crippen molar-refractivity contribution in [2.24, 2.45) is 0 Å². The van der Waals surface area contributed by atoms with Crippen molar-refractivity contribution in [3.05, 3.63) is 83.0 Å². The quantitative estimate of drug-likeness (QED) is 0.655. The third-order valence-electron chi connectivity index (χ3n) is 4.30. The number of carbonyl (C=O) groups is 1. The molecule has 1 N–H and O–H groups in total. The topological polar surface area (TPSA) is 73.2 Å². The third kappa shape index (κ3) is 5.30. The summed E-state index contributed by atoms with van der Waals surface area (Å²) in [6, 6.07) is 19.2. The minimum absolute atomic E-state index is 0.0768. The predicted octanol–water partition coefficient (Wildman–Crippen LogP) is 2.67. The van der Waals surface area contributed by atoms with Gasteiger partial charge in [0, 0.05) is 24.8 Å². The van der Waals surface area contributed by atoms with Gasteiger partial charge in [0.05, 0.1) is 6.33 Å². The molecule has 0 spiro atoms. The van der Waals surface area contributed by atoms with Crippen LogP contribution in [0.25, 0.3) is 11.1 Å². The fraction of sp³-hybridized carbons (Fsp3) is 0.227. The summed E-state index contributed by atoms with van der Waals surface area (Å²) >= 11 is 0. The van der Waals surface area contributed by atoms with E-state index < -0.39 is 0 Å². The van der Waals surface area contributed by atoms with Crippen LogP contribution in [0.1, 0.15) is 12.6 Å². The van der Waals surface area contributed by atoms with E-state index >= 15 is 0 Å². The Morgan fingerprint density at radius 3 is 2.46 bits per heavy atom. The predicted molar refractivity (Wildman–Crippen MR) is 108 cm³/mol. The molecule has 0 atom stereocenters. The second-order valence-electron chi connectivity index (χ2n) is 6.29. The van der Waals surface area contributed by atoms with Gasteiger partial charge in [0.2, 0.25) is 0 Å². The molecule has 1 aromatic heterocycles. The smallest absolute Gasteiger partial charge is 0.258 e. The summed E-state index contributed by atoms with van der Waals surface area (Å²) in [4.78, 5) is 28.0. The van der Waals surface area contributed by atoms with Crippen LogP contribution in [0.3, 0.4) is 0 Å². The van der Waals surface area contributed by atoms with Crippen molar-refractivity contribution < 1.29 is 9.53 Å². The molecule has 0 aliphatic heterocycles. The molecule has 1 amide bonds. The van der Waals surface area contributed by atoms with Crippen LogP contribution in [-0.2, 0) is 17.8 Å². The molecule has 0 bridgehead atoms. The third-order valence-corrected chi connectivity index (χ3v) is 4.30. The maximum Gasteiger partial charge on any atom is 0.258 e. The molecule has 0 radical (unpaired) electrons. The van der Waals surface area contributed by atoms with E-state index in [4.69, 9.17) is 4.74 Å². The van der Waals surface area contributed by atoms with Gasteiger partial charge in [0.25, 0.3) is 11.5 Å². The average Bonchev–Trinajstić information content (AvgIpc) is 2.74. The highest BCUT2D eigenvalue weighted by Gasteiger charge is 2.04. The van der Waals surface area contributed by atoms with Crippen LogP contribution in [0.2, 0.25) is 0 Å². The Morgan fingerprint density at radius 1 is 1.07 bits per heavy atom. The maximum absolute atomic E-state index is 11.9. The van der Waals surface area contributed by atoms with Gasteiger partial charge in [-0.15, -0.1) is 0 Å². The van der Waals surface area contributed by atoms with Crippen molar-refractivity contribution in [3.63, 3.8) is 0 Å². The van der Waals surface area contributed by atoms with Crippen molar-refractivity contribution in [3.8, 4) is 16.9 Å². The van der Waals surface area contributed by atoms with Gasteiger partial charge in [-0.05, 0) is 29.7 Å². The summed E-state index contributed by atoms with van der Waals surface area (Å²) in [5.74, 6) is 0.392. The Hall–Kier alpha value is -3.41. The van der Waals surface area contributed by atoms with Crippen molar-refractivity contribution in [1.82, 2.24) is 14.9 Å². The first-order chi connectivity index (χ1) is 13.7. The number of hydrogen-bond acceptors (Lipinski definition) is 4. The van der Waals surface area contributed by atoms with Gasteiger partial charge in [0.1, 0.15) is 5.75 Å². The lowest BCUT2D eigenvalue weighted by molar-refractivity contribution is -0.123. The highest BCUT2D eigenvalue weighted by Crippen LogP contribution is 2.21. The summed E-state index contributed by atoms with van der Waals surface area (Å²) in [6.07, 6.45) is 2.23. The van der Waals surface area contributed by atoms with Crippen molar-refractivity contribution >= 4 is 5.91 Å². The molecule has 1 heterocycles. The fourth-order valence-corrected chi connectivity index (χ4v) is 2.71. The number of amides is 1. The highest BCUT2D eigenvalue weighted by molar-refractivity contribution is 5.77. The zero-order valence-corrected chi connectivity index (χ0v) is 15.8. The molecule has 6 heteroatoms. The van der Waals surface area contributed by atoms with Crippen molar-refractivity contribution in [2.75, 3.05) is 13.2 Å². The van der Waals surface area contributed by atoms with Gasteiger partial charge in [-0.2, -0.15) is 0 Å². The van der Waals surface area contributed by atoms with E-state index in [1.807, 2.05) is 61.5 Å². The second kappa shape index (κ2) is 9.50. The monoisotopic (exact) mass is 377 g/mol. The molecule has 0 saturated carbocycles. The number of nitrogens with one attached hydrogen (secondary N) is 1. The summed E-state index contributed by atoms with van der Waals surface area (Å²) in [7, 11) is 0. The van der Waals surface area contributed by atoms with E-state index in [0.717, 1.165) is 23.2 Å². The lowest BCUT2D eigenvalue weighted by Gasteiger charge is -2.09. The Labute approximate surface area is 163 Å². The minimum atomic E-state index is -0.238. The van der Waals surface area contributed by atoms with Gasteiger partial charge in [-0.25, -0.2) is 4.98 Å². The van der Waals surface area contributed by atoms with Crippen LogP contribution in [0.4, 0.5) is 0 Å². The molecule has 2 aromatic carbocycles. The Bertz CT molecular complexity index is 966. The summed E-state index contributed by atoms with van der Waals surface area (Å²) in [5.41, 5.74) is 2.86. The Kier molecular flexibility index (Phi) is 6.57. The fourth-order valence-electron chi connectivity index (χ4n) is 2.71. The molecule has 144 valence electrons. The number of nitrogens with zero attached hydrogens (tertiary/aromatic N) is 2. The molecule has 28 heavy (non-hydrogen) atoms. The number of carbonyl (C=O) groups excluding carboxylic acids is 1. The first kappa shape index (κ1) is 19.4. The van der Waals surface area contributed by atoms with Gasteiger partial charge < -0.3 is 10.1 Å². The molecule has 0 saturated heterocycles. The average molecular weight is 377 g/mol. The van der Waals surface area contributed by atoms with Crippen molar-refractivity contribution in [1.29, 1.82) is 0 Å². The molecule has 3 rings (SSSR count). The first-order valence-electron chi connectivity index (χ1n) is 9.26. The van der Waals surface area contributed by atoms with Crippen LogP contribution in [-0.4, -0.2) is 28.6 Å². The molecule has 0 aliphatic carbocycles. The van der Waals surface area contributed by atoms with Crippen LogP contribution in [0, 0.1) is 0 Å². The zero-order valence-electron chi connectivity index (χ0n) is 15.8. The van der Waals surface area contributed by atoms with E-state index in [1.54, 1.807) is 0 Å². The SMILES string of the molecule is CCc1cc(=O)n(CCNC(=O)COc2ccc(-c3ccccc3)cc2)cn1. The van der Waals surface area contributed by atoms with E-state index in [0.29, 0.717) is 18.8 Å². The van der Waals surface area contributed by atoms with Crippen LogP contribution in [0.15, 0.2) is 71.8 Å². The van der Waals surface area contributed by atoms with Gasteiger partial charge >= 0.3 is 0 Å². The largest absolute Gasteiger partial charge is 0.484 e. The molecule has 0 aliphatic rings. The van der Waals surface area contributed by atoms with Crippen LogP contribution in [0.5, 0.6) is 5.75 Å². The number of rotatable bonds is 8. The van der Waals surface area contributed by atoms with Crippen LogP contribution >= 0.6 is 0 Å². The van der Waals surface area contributed by atoms with Crippen molar-refractivity contribution in [2.45, 2.75) is 19.9 Å². The highest BCUT2D eigenvalue weighted by atomic mass is 16.5. The second-order valence-corrected chi connectivity index (χ2v) is 6.29. The molecular formula is C22H23N3O3. The Morgan fingerprint density at radius 2 is 1.79 bits per heavy atom. The van der Waals surface area contributed by atoms with E-state index in [1.165, 1.54) is 17.0 Å². The summed E-state index contributed by atoms with van der Waals surface area (Å²) in [6.45, 7) is 2.57. The van der Waals surface area contributed by atoms with E-state index in [2.05, 4.69) is 10.3 Å². The standard InChI is InChI=1S/C22H23N3O3/c1-2-19-14-22(27)25(16-24-19)13-12-23-21(26)15-28-20-10-8-18(9-11-20)17-6-4-3-5-7-17/h3-11,14,16H,2,12-13,15H2,1H3,(H,23,26). The zero-order chi connectivity index (χ0) is 19.8. The lowest BCUT2D eigenvalue weighted by atomic mass is 10.1. The van der Waals surface area contributed by atoms with Gasteiger partial charge in [-0.1, -0.05) is 49.4 Å². The number of benzene rings is 2. The number of aryl methyl sites for hydroxylation is 1. The minimum Gasteiger partial charge on any atom is -0.484 e. The summed E-state index contributed by atoms with van der Waals surface area (Å²) < 4.78 is 7.00. The van der Waals surface area contributed by atoms with Gasteiger partial charge in [-0.3, -0.25) is 14.2 Å². The molecule has 0 fully saturated rings. The molecule has 6 nitrogen and oxygen atoms in total. The van der Waals surface area contributed by atoms with E-state index in [-0.39, 0.29) is 18.1 Å². The lowest BCUT2D eigenvalue weighted by Crippen LogP contribution is -2.33. The Balaban J connectivity index is 1.44. The number of ether oxygens (including phenoxy) is 1. The van der Waals surface area contributed by atoms with Crippen LogP contribution < -0.4 is 15.6 Å². The van der Waals surface area contributed by atoms with E-state index in [9.17, 15) is 9.59 Å². The number of hydrogen-bond donors (Lipinski definition) is 1. The molecule has 3 aromatic rings.